The molecule has 3 nitrogen and oxygen atoms in total. The van der Waals surface area contributed by atoms with Crippen LogP contribution in [0, 0.1) is 11.3 Å². The molecule has 19 heavy (non-hydrogen) atoms. The molecular weight excluding hydrogens is 304 g/mol. The Morgan fingerprint density at radius 2 is 1.74 bits per heavy atom. The molecule has 0 N–H and O–H groups in total. The van der Waals surface area contributed by atoms with Crippen LogP contribution < -0.4 is 4.74 Å². The zero-order valence-electron chi connectivity index (χ0n) is 10.3. The second-order valence-electron chi connectivity index (χ2n) is 3.78. The lowest BCUT2D eigenvalue weighted by Gasteiger charge is -2.01. The predicted molar refractivity (Wildman–Crippen MR) is 78.9 cm³/mol. The highest BCUT2D eigenvalue weighted by Crippen LogP contribution is 2.19. The SMILES string of the molecule is COc1ccc(/N=C(\C#N)c2ccc(Br)cc2)cc1. The van der Waals surface area contributed by atoms with Gasteiger partial charge in [-0.3, -0.25) is 0 Å². The minimum Gasteiger partial charge on any atom is -0.497 e. The van der Waals surface area contributed by atoms with Crippen LogP contribution in [-0.2, 0) is 0 Å². The average molecular weight is 315 g/mol. The zero-order valence-corrected chi connectivity index (χ0v) is 11.9. The van der Waals surface area contributed by atoms with Gasteiger partial charge in [-0.2, -0.15) is 5.26 Å². The summed E-state index contributed by atoms with van der Waals surface area (Å²) in [5.74, 6) is 0.765. The van der Waals surface area contributed by atoms with Crippen molar-refractivity contribution in [3.05, 3.63) is 58.6 Å². The maximum absolute atomic E-state index is 9.19. The predicted octanol–water partition coefficient (Wildman–Crippen LogP) is 4.10. The number of methoxy groups -OCH3 is 1. The summed E-state index contributed by atoms with van der Waals surface area (Å²) in [7, 11) is 1.61. The van der Waals surface area contributed by atoms with Gasteiger partial charge in [-0.15, -0.1) is 0 Å². The fourth-order valence-corrected chi connectivity index (χ4v) is 1.81. The first kappa shape index (κ1) is 13.3. The Bertz CT molecular complexity index is 625. The molecule has 0 fully saturated rings. The molecule has 2 aromatic carbocycles. The molecule has 0 amide bonds. The average Bonchev–Trinajstić information content (AvgIpc) is 2.46. The molecule has 0 bridgehead atoms. The van der Waals surface area contributed by atoms with Crippen molar-refractivity contribution in [3.63, 3.8) is 0 Å². The molecule has 0 aliphatic rings. The molecule has 0 aliphatic heterocycles. The molecule has 0 spiro atoms. The van der Waals surface area contributed by atoms with Gasteiger partial charge in [-0.1, -0.05) is 28.1 Å². The van der Waals surface area contributed by atoms with Gasteiger partial charge in [-0.25, -0.2) is 4.99 Å². The van der Waals surface area contributed by atoms with Gasteiger partial charge in [0.1, 0.15) is 17.5 Å². The van der Waals surface area contributed by atoms with Crippen molar-refractivity contribution in [2.75, 3.05) is 7.11 Å². The number of hydrogen-bond donors (Lipinski definition) is 0. The molecule has 0 heterocycles. The van der Waals surface area contributed by atoms with E-state index in [1.807, 2.05) is 48.5 Å². The van der Waals surface area contributed by atoms with Crippen LogP contribution in [0.5, 0.6) is 5.75 Å². The van der Waals surface area contributed by atoms with E-state index in [-0.39, 0.29) is 0 Å². The summed E-state index contributed by atoms with van der Waals surface area (Å²) in [6.07, 6.45) is 0. The lowest BCUT2D eigenvalue weighted by Crippen LogP contribution is -1.95. The lowest BCUT2D eigenvalue weighted by molar-refractivity contribution is 0.415. The Morgan fingerprint density at radius 3 is 2.26 bits per heavy atom. The number of nitriles is 1. The summed E-state index contributed by atoms with van der Waals surface area (Å²) in [5, 5.41) is 9.19. The molecular formula is C15H11BrN2O. The van der Waals surface area contributed by atoms with Crippen LogP contribution in [0.4, 0.5) is 5.69 Å². The summed E-state index contributed by atoms with van der Waals surface area (Å²) in [6, 6.07) is 16.9. The quantitative estimate of drug-likeness (QED) is 0.800. The summed E-state index contributed by atoms with van der Waals surface area (Å²) in [6.45, 7) is 0. The Hall–Kier alpha value is -2.12. The summed E-state index contributed by atoms with van der Waals surface area (Å²) in [4.78, 5) is 4.34. The molecule has 2 rings (SSSR count). The van der Waals surface area contributed by atoms with Gasteiger partial charge in [0.05, 0.1) is 12.8 Å². The maximum Gasteiger partial charge on any atom is 0.148 e. The molecule has 0 aliphatic carbocycles. The topological polar surface area (TPSA) is 45.4 Å². The van der Waals surface area contributed by atoms with E-state index in [1.165, 1.54) is 0 Å². The fourth-order valence-electron chi connectivity index (χ4n) is 1.55. The van der Waals surface area contributed by atoms with E-state index in [1.54, 1.807) is 7.11 Å². The Kier molecular flexibility index (Phi) is 4.32. The third-order valence-corrected chi connectivity index (χ3v) is 3.07. The zero-order chi connectivity index (χ0) is 13.7. The first-order valence-electron chi connectivity index (χ1n) is 5.61. The van der Waals surface area contributed by atoms with Crippen LogP contribution in [0.1, 0.15) is 5.56 Å². The summed E-state index contributed by atoms with van der Waals surface area (Å²) < 4.78 is 6.05. The number of hydrogen-bond acceptors (Lipinski definition) is 3. The first-order chi connectivity index (χ1) is 9.22. The molecule has 94 valence electrons. The van der Waals surface area contributed by atoms with Gasteiger partial charge in [0.2, 0.25) is 0 Å². The van der Waals surface area contributed by atoms with Gasteiger partial charge in [-0.05, 0) is 36.4 Å². The largest absolute Gasteiger partial charge is 0.497 e. The summed E-state index contributed by atoms with van der Waals surface area (Å²) >= 11 is 3.36. The molecule has 0 saturated heterocycles. The minimum atomic E-state index is 0.387. The van der Waals surface area contributed by atoms with Gasteiger partial charge >= 0.3 is 0 Å². The van der Waals surface area contributed by atoms with Crippen molar-refractivity contribution in [2.45, 2.75) is 0 Å². The van der Waals surface area contributed by atoms with E-state index in [0.717, 1.165) is 21.5 Å². The monoisotopic (exact) mass is 314 g/mol. The normalized spacial score (nSPS) is 10.9. The third kappa shape index (κ3) is 3.43. The Morgan fingerprint density at radius 1 is 1.11 bits per heavy atom. The molecule has 0 aromatic heterocycles. The molecule has 0 radical (unpaired) electrons. The highest BCUT2D eigenvalue weighted by molar-refractivity contribution is 9.10. The molecule has 0 atom stereocenters. The number of aliphatic imine (C=N–C) groups is 1. The highest BCUT2D eigenvalue weighted by atomic mass is 79.9. The van der Waals surface area contributed by atoms with Crippen LogP contribution in [-0.4, -0.2) is 12.8 Å². The van der Waals surface area contributed by atoms with Crippen LogP contribution in [0.15, 0.2) is 58.0 Å². The van der Waals surface area contributed by atoms with E-state index in [4.69, 9.17) is 4.74 Å². The van der Waals surface area contributed by atoms with Gasteiger partial charge in [0, 0.05) is 10.0 Å². The fraction of sp³-hybridized carbons (Fsp3) is 0.0667. The Labute approximate surface area is 120 Å². The number of benzene rings is 2. The van der Waals surface area contributed by atoms with E-state index in [2.05, 4.69) is 27.0 Å². The van der Waals surface area contributed by atoms with Crippen LogP contribution >= 0.6 is 15.9 Å². The van der Waals surface area contributed by atoms with Crippen LogP contribution in [0.3, 0.4) is 0 Å². The molecule has 4 heteroatoms. The van der Waals surface area contributed by atoms with Crippen molar-refractivity contribution < 1.29 is 4.74 Å². The maximum atomic E-state index is 9.19. The number of nitrogens with zero attached hydrogens (tertiary/aromatic N) is 2. The second-order valence-corrected chi connectivity index (χ2v) is 4.69. The van der Waals surface area contributed by atoms with E-state index < -0.39 is 0 Å². The standard InChI is InChI=1S/C15H11BrN2O/c1-19-14-8-6-13(7-9-14)18-15(10-17)11-2-4-12(16)5-3-11/h2-9H,1H3/b18-15+. The smallest absolute Gasteiger partial charge is 0.148 e. The van der Waals surface area contributed by atoms with E-state index in [9.17, 15) is 5.26 Å². The van der Waals surface area contributed by atoms with Gasteiger partial charge < -0.3 is 4.74 Å². The van der Waals surface area contributed by atoms with Crippen LogP contribution in [0.25, 0.3) is 0 Å². The van der Waals surface area contributed by atoms with Gasteiger partial charge in [0.25, 0.3) is 0 Å². The highest BCUT2D eigenvalue weighted by Gasteiger charge is 2.02. The third-order valence-electron chi connectivity index (χ3n) is 2.54. The lowest BCUT2D eigenvalue weighted by atomic mass is 10.1. The number of halogens is 1. The Balaban J connectivity index is 2.33. The van der Waals surface area contributed by atoms with Crippen molar-refractivity contribution in [3.8, 4) is 11.8 Å². The van der Waals surface area contributed by atoms with E-state index >= 15 is 0 Å². The van der Waals surface area contributed by atoms with E-state index in [0.29, 0.717) is 5.71 Å². The van der Waals surface area contributed by atoms with Crippen molar-refractivity contribution in [1.29, 1.82) is 5.26 Å². The number of ether oxygens (including phenoxy) is 1. The van der Waals surface area contributed by atoms with Crippen molar-refractivity contribution in [2.24, 2.45) is 4.99 Å². The molecule has 0 saturated carbocycles. The minimum absolute atomic E-state index is 0.387. The molecule has 0 unspecified atom stereocenters. The first-order valence-corrected chi connectivity index (χ1v) is 6.41. The van der Waals surface area contributed by atoms with Crippen molar-refractivity contribution in [1.82, 2.24) is 0 Å². The van der Waals surface area contributed by atoms with Gasteiger partial charge in [0.15, 0.2) is 0 Å². The van der Waals surface area contributed by atoms with Crippen LogP contribution in [0.2, 0.25) is 0 Å². The second kappa shape index (κ2) is 6.17. The molecule has 2 aromatic rings. The van der Waals surface area contributed by atoms with Crippen molar-refractivity contribution >= 4 is 27.3 Å². The number of rotatable bonds is 3. The summed E-state index contributed by atoms with van der Waals surface area (Å²) in [5.41, 5.74) is 1.90.